The molecule has 7 nitrogen and oxygen atoms in total. The van der Waals surface area contributed by atoms with Crippen LogP contribution in [0.25, 0.3) is 5.69 Å². The van der Waals surface area contributed by atoms with Crippen molar-refractivity contribution in [1.82, 2.24) is 24.8 Å². The number of piperazine rings is 1. The molecule has 0 atom stereocenters. The second kappa shape index (κ2) is 7.50. The first kappa shape index (κ1) is 19.1. The Bertz CT molecular complexity index is 863. The van der Waals surface area contributed by atoms with Gasteiger partial charge in [0.1, 0.15) is 0 Å². The first-order chi connectivity index (χ1) is 12.8. The summed E-state index contributed by atoms with van der Waals surface area (Å²) in [6.45, 7) is 11.8. The van der Waals surface area contributed by atoms with E-state index in [-0.39, 0.29) is 17.7 Å². The highest BCUT2D eigenvalue weighted by Gasteiger charge is 2.28. The van der Waals surface area contributed by atoms with Crippen molar-refractivity contribution < 1.29 is 9.59 Å². The molecule has 2 amide bonds. The number of rotatable bonds is 3. The maximum atomic E-state index is 12.9. The molecule has 1 aliphatic rings. The van der Waals surface area contributed by atoms with Crippen molar-refractivity contribution in [2.24, 2.45) is 5.92 Å². The Morgan fingerprint density at radius 3 is 2.19 bits per heavy atom. The zero-order valence-corrected chi connectivity index (χ0v) is 16.7. The van der Waals surface area contributed by atoms with Gasteiger partial charge in [0.05, 0.1) is 11.4 Å². The molecule has 0 spiro atoms. The molecule has 0 N–H and O–H groups in total. The average molecular weight is 369 g/mol. The minimum absolute atomic E-state index is 0.0212. The molecule has 1 aromatic heterocycles. The topological polar surface area (TPSA) is 71.3 Å². The normalized spacial score (nSPS) is 14.7. The third-order valence-electron chi connectivity index (χ3n) is 4.92. The van der Waals surface area contributed by atoms with E-state index >= 15 is 0 Å². The van der Waals surface area contributed by atoms with E-state index in [2.05, 4.69) is 16.3 Å². The summed E-state index contributed by atoms with van der Waals surface area (Å²) in [5, 5.41) is 8.91. The Kier molecular flexibility index (Phi) is 5.30. The average Bonchev–Trinajstić information content (AvgIpc) is 3.02. The highest BCUT2D eigenvalue weighted by atomic mass is 16.2. The summed E-state index contributed by atoms with van der Waals surface area (Å²) >= 11 is 0. The monoisotopic (exact) mass is 369 g/mol. The van der Waals surface area contributed by atoms with E-state index in [1.54, 1.807) is 11.8 Å². The maximum Gasteiger partial charge on any atom is 0.276 e. The molecule has 0 bridgehead atoms. The highest BCUT2D eigenvalue weighted by Crippen LogP contribution is 2.17. The largest absolute Gasteiger partial charge is 0.339 e. The van der Waals surface area contributed by atoms with Crippen molar-refractivity contribution in [2.75, 3.05) is 26.2 Å². The molecule has 1 fully saturated rings. The lowest BCUT2D eigenvalue weighted by atomic mass is 10.1. The van der Waals surface area contributed by atoms with Crippen LogP contribution in [0.3, 0.4) is 0 Å². The summed E-state index contributed by atoms with van der Waals surface area (Å²) in [7, 11) is 0. The third-order valence-corrected chi connectivity index (χ3v) is 4.92. The Labute approximate surface area is 160 Å². The fraction of sp³-hybridized carbons (Fsp3) is 0.500. The first-order valence-corrected chi connectivity index (χ1v) is 9.37. The molecule has 27 heavy (non-hydrogen) atoms. The van der Waals surface area contributed by atoms with Gasteiger partial charge in [-0.15, -0.1) is 5.10 Å². The number of aryl methyl sites for hydroxylation is 3. The van der Waals surface area contributed by atoms with Crippen LogP contribution in [-0.4, -0.2) is 62.8 Å². The number of carbonyl (C=O) groups excluding carboxylic acids is 2. The van der Waals surface area contributed by atoms with Crippen LogP contribution in [0.4, 0.5) is 0 Å². The van der Waals surface area contributed by atoms with Gasteiger partial charge in [0.2, 0.25) is 5.91 Å². The number of hydrogen-bond donors (Lipinski definition) is 0. The predicted molar refractivity (Wildman–Crippen MR) is 103 cm³/mol. The van der Waals surface area contributed by atoms with E-state index in [9.17, 15) is 9.59 Å². The lowest BCUT2D eigenvalue weighted by molar-refractivity contribution is -0.135. The molecule has 0 unspecified atom stereocenters. The van der Waals surface area contributed by atoms with E-state index in [4.69, 9.17) is 0 Å². The van der Waals surface area contributed by atoms with Crippen molar-refractivity contribution >= 4 is 11.8 Å². The zero-order chi connectivity index (χ0) is 19.7. The Balaban J connectivity index is 1.75. The molecule has 1 saturated heterocycles. The number of nitrogens with zero attached hydrogens (tertiary/aromatic N) is 5. The molecule has 3 rings (SSSR count). The van der Waals surface area contributed by atoms with E-state index in [1.165, 1.54) is 10.4 Å². The standard InChI is InChI=1S/C20H27N5O2/c1-13(2)19(26)23-8-10-24(11-9-23)20(27)18-16(5)21-25(22-18)17-7-6-14(3)12-15(17)4/h6-7,12-13H,8-11H2,1-5H3. The van der Waals surface area contributed by atoms with Crippen LogP contribution in [0.5, 0.6) is 0 Å². The fourth-order valence-electron chi connectivity index (χ4n) is 3.36. The van der Waals surface area contributed by atoms with Crippen LogP contribution < -0.4 is 0 Å². The molecule has 0 aliphatic carbocycles. The minimum atomic E-state index is -0.125. The third kappa shape index (κ3) is 3.86. The van der Waals surface area contributed by atoms with Gasteiger partial charge in [-0.3, -0.25) is 9.59 Å². The van der Waals surface area contributed by atoms with Gasteiger partial charge in [0, 0.05) is 32.1 Å². The van der Waals surface area contributed by atoms with Gasteiger partial charge < -0.3 is 9.80 Å². The Morgan fingerprint density at radius 2 is 1.59 bits per heavy atom. The molecule has 0 saturated carbocycles. The van der Waals surface area contributed by atoms with Crippen molar-refractivity contribution in [1.29, 1.82) is 0 Å². The van der Waals surface area contributed by atoms with Crippen molar-refractivity contribution in [2.45, 2.75) is 34.6 Å². The summed E-state index contributed by atoms with van der Waals surface area (Å²) < 4.78 is 0. The second-order valence-electron chi connectivity index (χ2n) is 7.49. The summed E-state index contributed by atoms with van der Waals surface area (Å²) in [5.41, 5.74) is 4.09. The van der Waals surface area contributed by atoms with Crippen LogP contribution in [-0.2, 0) is 4.79 Å². The molecule has 7 heteroatoms. The molecule has 2 heterocycles. The van der Waals surface area contributed by atoms with Crippen LogP contribution in [0.2, 0.25) is 0 Å². The van der Waals surface area contributed by atoms with Gasteiger partial charge in [-0.25, -0.2) is 0 Å². The lowest BCUT2D eigenvalue weighted by Crippen LogP contribution is -2.51. The maximum absolute atomic E-state index is 12.9. The van der Waals surface area contributed by atoms with Gasteiger partial charge >= 0.3 is 0 Å². The van der Waals surface area contributed by atoms with Crippen LogP contribution in [0.15, 0.2) is 18.2 Å². The van der Waals surface area contributed by atoms with Crippen molar-refractivity contribution in [3.63, 3.8) is 0 Å². The zero-order valence-electron chi connectivity index (χ0n) is 16.7. The molecule has 1 aliphatic heterocycles. The highest BCUT2D eigenvalue weighted by molar-refractivity contribution is 5.93. The predicted octanol–water partition coefficient (Wildman–Crippen LogP) is 2.13. The van der Waals surface area contributed by atoms with Gasteiger partial charge in [-0.05, 0) is 32.4 Å². The van der Waals surface area contributed by atoms with Crippen molar-refractivity contribution in [3.8, 4) is 5.69 Å². The number of aromatic nitrogens is 3. The molecule has 2 aromatic rings. The fourth-order valence-corrected chi connectivity index (χ4v) is 3.36. The van der Waals surface area contributed by atoms with E-state index in [0.29, 0.717) is 37.6 Å². The summed E-state index contributed by atoms with van der Waals surface area (Å²) in [4.78, 5) is 30.2. The quantitative estimate of drug-likeness (QED) is 0.831. The minimum Gasteiger partial charge on any atom is -0.339 e. The summed E-state index contributed by atoms with van der Waals surface area (Å²) in [5.74, 6) is -0.00799. The van der Waals surface area contributed by atoms with Crippen LogP contribution in [0, 0.1) is 26.7 Å². The molecule has 144 valence electrons. The molecular weight excluding hydrogens is 342 g/mol. The molecule has 1 aromatic carbocycles. The second-order valence-corrected chi connectivity index (χ2v) is 7.49. The SMILES string of the molecule is Cc1ccc(-n2nc(C)c(C(=O)N3CCN(C(=O)C(C)C)CC3)n2)c(C)c1. The molecular formula is C20H27N5O2. The van der Waals surface area contributed by atoms with Gasteiger partial charge in [-0.2, -0.15) is 9.90 Å². The smallest absolute Gasteiger partial charge is 0.276 e. The molecule has 0 radical (unpaired) electrons. The summed E-state index contributed by atoms with van der Waals surface area (Å²) in [6.07, 6.45) is 0. The van der Waals surface area contributed by atoms with Crippen LogP contribution in [0.1, 0.15) is 41.2 Å². The van der Waals surface area contributed by atoms with E-state index in [0.717, 1.165) is 11.3 Å². The number of benzene rings is 1. The lowest BCUT2D eigenvalue weighted by Gasteiger charge is -2.35. The van der Waals surface area contributed by atoms with Gasteiger partial charge in [0.15, 0.2) is 5.69 Å². The summed E-state index contributed by atoms with van der Waals surface area (Å²) in [6, 6.07) is 6.04. The Hall–Kier alpha value is -2.70. The van der Waals surface area contributed by atoms with Gasteiger partial charge in [-0.1, -0.05) is 31.5 Å². The van der Waals surface area contributed by atoms with Crippen molar-refractivity contribution in [3.05, 3.63) is 40.7 Å². The van der Waals surface area contributed by atoms with Crippen LogP contribution >= 0.6 is 0 Å². The van der Waals surface area contributed by atoms with E-state index in [1.807, 2.05) is 44.7 Å². The Morgan fingerprint density at radius 1 is 0.963 bits per heavy atom. The number of amides is 2. The number of carbonyl (C=O) groups is 2. The van der Waals surface area contributed by atoms with E-state index < -0.39 is 0 Å². The van der Waals surface area contributed by atoms with Gasteiger partial charge in [0.25, 0.3) is 5.91 Å². The number of hydrogen-bond acceptors (Lipinski definition) is 4. The first-order valence-electron chi connectivity index (χ1n) is 9.37.